The third-order valence-electron chi connectivity index (χ3n) is 3.86. The van der Waals surface area contributed by atoms with Crippen molar-refractivity contribution in [1.82, 2.24) is 10.0 Å². The molecule has 6 nitrogen and oxygen atoms in total. The average molecular weight is 326 g/mol. The van der Waals surface area contributed by atoms with Crippen LogP contribution in [0.2, 0.25) is 0 Å². The largest absolute Gasteiger partial charge is 0.375 e. The monoisotopic (exact) mass is 326 g/mol. The van der Waals surface area contributed by atoms with Gasteiger partial charge in [0, 0.05) is 13.7 Å². The standard InChI is InChI=1S/C15H22N2O4S/c1-4-16-15(18)10(2)17-22(19,20)13-9-11-7-5-6-8-12(11)14(13)21-3/h5-8,10,13-14,17H,4,9H2,1-3H3,(H,16,18). The minimum atomic E-state index is -3.69. The number of nitrogens with one attached hydrogen (secondary N) is 2. The Morgan fingerprint density at radius 3 is 2.73 bits per heavy atom. The van der Waals surface area contributed by atoms with Crippen molar-refractivity contribution in [3.8, 4) is 0 Å². The third kappa shape index (κ3) is 3.31. The van der Waals surface area contributed by atoms with Crippen LogP contribution in [0.15, 0.2) is 24.3 Å². The van der Waals surface area contributed by atoms with E-state index in [0.29, 0.717) is 13.0 Å². The molecule has 2 rings (SSSR count). The van der Waals surface area contributed by atoms with E-state index in [1.165, 1.54) is 14.0 Å². The first-order valence-corrected chi connectivity index (χ1v) is 8.84. The topological polar surface area (TPSA) is 84.5 Å². The Morgan fingerprint density at radius 1 is 1.41 bits per heavy atom. The minimum absolute atomic E-state index is 0.337. The third-order valence-corrected chi connectivity index (χ3v) is 5.75. The van der Waals surface area contributed by atoms with Crippen LogP contribution in [-0.2, 0) is 26.0 Å². The second-order valence-electron chi connectivity index (χ2n) is 5.38. The lowest BCUT2D eigenvalue weighted by molar-refractivity contribution is -0.122. The van der Waals surface area contributed by atoms with E-state index in [-0.39, 0.29) is 5.91 Å². The fourth-order valence-electron chi connectivity index (χ4n) is 2.79. The van der Waals surface area contributed by atoms with Gasteiger partial charge in [-0.15, -0.1) is 0 Å². The summed E-state index contributed by atoms with van der Waals surface area (Å²) in [5.41, 5.74) is 1.86. The Bertz CT molecular complexity index is 645. The molecule has 2 N–H and O–H groups in total. The molecule has 0 aliphatic heterocycles. The lowest BCUT2D eigenvalue weighted by Crippen LogP contribution is -2.48. The van der Waals surface area contributed by atoms with Gasteiger partial charge in [-0.3, -0.25) is 4.79 Å². The summed E-state index contributed by atoms with van der Waals surface area (Å²) in [6.45, 7) is 3.78. The first-order valence-electron chi connectivity index (χ1n) is 7.30. The van der Waals surface area contributed by atoms with E-state index in [4.69, 9.17) is 4.74 Å². The van der Waals surface area contributed by atoms with E-state index < -0.39 is 27.4 Å². The summed E-state index contributed by atoms with van der Waals surface area (Å²) < 4.78 is 33.1. The Hall–Kier alpha value is -1.44. The van der Waals surface area contributed by atoms with Crippen molar-refractivity contribution in [2.24, 2.45) is 0 Å². The molecule has 0 radical (unpaired) electrons. The molecule has 0 spiro atoms. The molecular weight excluding hydrogens is 304 g/mol. The summed E-state index contributed by atoms with van der Waals surface area (Å²) in [4.78, 5) is 11.7. The second-order valence-corrected chi connectivity index (χ2v) is 7.31. The van der Waals surface area contributed by atoms with Gasteiger partial charge in [-0.1, -0.05) is 24.3 Å². The molecule has 0 saturated carbocycles. The number of carbonyl (C=O) groups is 1. The zero-order chi connectivity index (χ0) is 16.3. The molecule has 0 fully saturated rings. The molecule has 0 heterocycles. The molecule has 1 aromatic carbocycles. The molecule has 0 saturated heterocycles. The van der Waals surface area contributed by atoms with E-state index in [0.717, 1.165) is 11.1 Å². The van der Waals surface area contributed by atoms with Gasteiger partial charge in [0.2, 0.25) is 15.9 Å². The van der Waals surface area contributed by atoms with Crippen LogP contribution in [0.3, 0.4) is 0 Å². The van der Waals surface area contributed by atoms with Crippen LogP contribution >= 0.6 is 0 Å². The van der Waals surface area contributed by atoms with Gasteiger partial charge in [0.05, 0.1) is 6.04 Å². The van der Waals surface area contributed by atoms with E-state index in [2.05, 4.69) is 10.0 Å². The first kappa shape index (κ1) is 16.9. The van der Waals surface area contributed by atoms with Crippen molar-refractivity contribution in [1.29, 1.82) is 0 Å². The number of rotatable bonds is 6. The van der Waals surface area contributed by atoms with Gasteiger partial charge in [-0.2, -0.15) is 0 Å². The zero-order valence-electron chi connectivity index (χ0n) is 13.0. The van der Waals surface area contributed by atoms with Crippen molar-refractivity contribution in [3.05, 3.63) is 35.4 Å². The SMILES string of the molecule is CCNC(=O)C(C)NS(=O)(=O)C1Cc2ccccc2C1OC. The van der Waals surface area contributed by atoms with Crippen molar-refractivity contribution >= 4 is 15.9 Å². The number of amides is 1. The number of likely N-dealkylation sites (N-methyl/N-ethyl adjacent to an activating group) is 1. The highest BCUT2D eigenvalue weighted by Gasteiger charge is 2.42. The summed E-state index contributed by atoms with van der Waals surface area (Å²) in [7, 11) is -2.18. The van der Waals surface area contributed by atoms with E-state index in [9.17, 15) is 13.2 Å². The number of benzene rings is 1. The van der Waals surface area contributed by atoms with Crippen LogP contribution in [0.5, 0.6) is 0 Å². The minimum Gasteiger partial charge on any atom is -0.375 e. The van der Waals surface area contributed by atoms with E-state index in [1.807, 2.05) is 24.3 Å². The fourth-order valence-corrected chi connectivity index (χ4v) is 4.54. The molecule has 1 aromatic rings. The normalized spacial score (nSPS) is 22.1. The maximum atomic E-state index is 12.6. The van der Waals surface area contributed by atoms with Gasteiger partial charge < -0.3 is 10.1 Å². The number of carbonyl (C=O) groups excluding carboxylic acids is 1. The number of fused-ring (bicyclic) bond motifs is 1. The maximum absolute atomic E-state index is 12.6. The first-order chi connectivity index (χ1) is 10.4. The summed E-state index contributed by atoms with van der Waals surface area (Å²) in [5, 5.41) is 1.87. The number of hydrogen-bond acceptors (Lipinski definition) is 4. The lowest BCUT2D eigenvalue weighted by Gasteiger charge is -2.22. The smallest absolute Gasteiger partial charge is 0.237 e. The fraction of sp³-hybridized carbons (Fsp3) is 0.533. The van der Waals surface area contributed by atoms with E-state index in [1.54, 1.807) is 6.92 Å². The number of sulfonamides is 1. The second kappa shape index (κ2) is 6.76. The van der Waals surface area contributed by atoms with Crippen molar-refractivity contribution < 1.29 is 17.9 Å². The quantitative estimate of drug-likeness (QED) is 0.808. The Kier molecular flexibility index (Phi) is 5.20. The van der Waals surface area contributed by atoms with Crippen molar-refractivity contribution in [2.75, 3.05) is 13.7 Å². The molecule has 0 bridgehead atoms. The molecule has 1 aliphatic carbocycles. The van der Waals surface area contributed by atoms with Crippen molar-refractivity contribution in [2.45, 2.75) is 37.7 Å². The summed E-state index contributed by atoms with van der Waals surface area (Å²) in [6.07, 6.45) is -0.137. The van der Waals surface area contributed by atoms with Gasteiger partial charge in [-0.25, -0.2) is 13.1 Å². The van der Waals surface area contributed by atoms with Crippen LogP contribution in [0, 0.1) is 0 Å². The van der Waals surface area contributed by atoms with Gasteiger partial charge in [-0.05, 0) is 31.4 Å². The van der Waals surface area contributed by atoms with E-state index >= 15 is 0 Å². The maximum Gasteiger partial charge on any atom is 0.237 e. The highest BCUT2D eigenvalue weighted by molar-refractivity contribution is 7.90. The number of hydrogen-bond donors (Lipinski definition) is 2. The molecular formula is C15H22N2O4S. The number of ether oxygens (including phenoxy) is 1. The molecule has 22 heavy (non-hydrogen) atoms. The Balaban J connectivity index is 2.19. The van der Waals surface area contributed by atoms with Crippen LogP contribution < -0.4 is 10.0 Å². The molecule has 3 unspecified atom stereocenters. The van der Waals surface area contributed by atoms with Gasteiger partial charge in [0.25, 0.3) is 0 Å². The van der Waals surface area contributed by atoms with Crippen LogP contribution in [-0.4, -0.2) is 39.3 Å². The highest BCUT2D eigenvalue weighted by Crippen LogP contribution is 2.37. The molecule has 3 atom stereocenters. The van der Waals surface area contributed by atoms with Gasteiger partial charge >= 0.3 is 0 Å². The zero-order valence-corrected chi connectivity index (χ0v) is 13.8. The molecule has 0 aromatic heterocycles. The van der Waals surface area contributed by atoms with Crippen LogP contribution in [0.25, 0.3) is 0 Å². The van der Waals surface area contributed by atoms with Crippen LogP contribution in [0.4, 0.5) is 0 Å². The Morgan fingerprint density at radius 2 is 2.09 bits per heavy atom. The summed E-state index contributed by atoms with van der Waals surface area (Å²) in [6, 6.07) is 6.72. The van der Waals surface area contributed by atoms with Gasteiger partial charge in [0.15, 0.2) is 0 Å². The predicted octanol–water partition coefficient (Wildman–Crippen LogP) is 0.743. The highest BCUT2D eigenvalue weighted by atomic mass is 32.2. The Labute approximate surface area is 131 Å². The molecule has 1 aliphatic rings. The molecule has 7 heteroatoms. The molecule has 122 valence electrons. The van der Waals surface area contributed by atoms with Gasteiger partial charge in [0.1, 0.15) is 11.4 Å². The number of methoxy groups -OCH3 is 1. The summed E-state index contributed by atoms with van der Waals surface area (Å²) >= 11 is 0. The molecule has 1 amide bonds. The summed E-state index contributed by atoms with van der Waals surface area (Å²) in [5.74, 6) is -0.337. The van der Waals surface area contributed by atoms with Crippen molar-refractivity contribution in [3.63, 3.8) is 0 Å². The lowest BCUT2D eigenvalue weighted by atomic mass is 10.1. The predicted molar refractivity (Wildman–Crippen MR) is 83.9 cm³/mol. The average Bonchev–Trinajstić information content (AvgIpc) is 2.86. The van der Waals surface area contributed by atoms with Crippen LogP contribution in [0.1, 0.15) is 31.1 Å².